The molecule has 0 spiro atoms. The van der Waals surface area contributed by atoms with Gasteiger partial charge in [-0.15, -0.1) is 11.3 Å². The average Bonchev–Trinajstić information content (AvgIpc) is 3.21. The molecule has 1 aliphatic rings. The van der Waals surface area contributed by atoms with E-state index < -0.39 is 35.7 Å². The molecule has 0 radical (unpaired) electrons. The summed E-state index contributed by atoms with van der Waals surface area (Å²) in [6.07, 6.45) is -5.31. The number of hydrogen-bond donors (Lipinski definition) is 3. The van der Waals surface area contributed by atoms with Gasteiger partial charge in [0.2, 0.25) is 5.72 Å². The molecule has 3 atom stereocenters. The van der Waals surface area contributed by atoms with Crippen molar-refractivity contribution in [3.63, 3.8) is 0 Å². The number of nitrogens with one attached hydrogen (secondary N) is 2. The molecule has 0 bridgehead atoms. The Balaban J connectivity index is 2.14. The molecule has 3 rings (SSSR count). The summed E-state index contributed by atoms with van der Waals surface area (Å²) in [4.78, 5) is 25.1. The van der Waals surface area contributed by atoms with Crippen LogP contribution in [0.5, 0.6) is 11.5 Å². The Morgan fingerprint density at radius 3 is 2.60 bits per heavy atom. The number of alkyl halides is 3. The van der Waals surface area contributed by atoms with Gasteiger partial charge in [0.25, 0.3) is 0 Å². The van der Waals surface area contributed by atoms with Gasteiger partial charge in [-0.3, -0.25) is 4.79 Å². The highest BCUT2D eigenvalue weighted by molar-refractivity contribution is 7.12. The van der Waals surface area contributed by atoms with Crippen molar-refractivity contribution in [3.8, 4) is 11.5 Å². The van der Waals surface area contributed by atoms with Gasteiger partial charge in [0.1, 0.15) is 5.92 Å². The quantitative estimate of drug-likeness (QED) is 0.595. The maximum absolute atomic E-state index is 13.9. The monoisotopic (exact) mass is 444 g/mol. The standard InChI is InChI=1S/C19H19F3N2O5S/c1-3-29-11-7-6-10(9-12(11)28-2)15-14(16(25)13-5-4-8-30-13)18(27,19(20,21)22)24-17(26)23-15/h4-9,14-15,27H,3H2,1-2H3,(H2,23,24,26)/t14-,15+,18+/m0/s1. The van der Waals surface area contributed by atoms with Gasteiger partial charge in [-0.25, -0.2) is 4.79 Å². The topological polar surface area (TPSA) is 96.9 Å². The number of Topliss-reactive ketones (excluding diaryl/α,β-unsaturated/α-hetero) is 1. The lowest BCUT2D eigenvalue weighted by atomic mass is 9.78. The van der Waals surface area contributed by atoms with E-state index in [9.17, 15) is 27.9 Å². The first-order valence-electron chi connectivity index (χ1n) is 8.88. The smallest absolute Gasteiger partial charge is 0.437 e. The van der Waals surface area contributed by atoms with Crippen molar-refractivity contribution in [1.82, 2.24) is 10.6 Å². The minimum atomic E-state index is -5.31. The van der Waals surface area contributed by atoms with Crippen LogP contribution in [0.2, 0.25) is 0 Å². The van der Waals surface area contributed by atoms with E-state index in [2.05, 4.69) is 5.32 Å². The highest BCUT2D eigenvalue weighted by Gasteiger charge is 2.66. The van der Waals surface area contributed by atoms with Crippen LogP contribution >= 0.6 is 11.3 Å². The summed E-state index contributed by atoms with van der Waals surface area (Å²) in [7, 11) is 1.35. The van der Waals surface area contributed by atoms with E-state index >= 15 is 0 Å². The summed E-state index contributed by atoms with van der Waals surface area (Å²) < 4.78 is 52.2. The zero-order chi connectivity index (χ0) is 22.1. The Hall–Kier alpha value is -2.79. The van der Waals surface area contributed by atoms with Gasteiger partial charge in [0.05, 0.1) is 24.6 Å². The normalized spacial score (nSPS) is 24.0. The van der Waals surface area contributed by atoms with Crippen molar-refractivity contribution < 1.29 is 37.3 Å². The van der Waals surface area contributed by atoms with Gasteiger partial charge in [0.15, 0.2) is 17.3 Å². The first-order chi connectivity index (χ1) is 14.1. The number of rotatable bonds is 6. The number of ketones is 1. The van der Waals surface area contributed by atoms with E-state index in [4.69, 9.17) is 9.47 Å². The minimum absolute atomic E-state index is 0.0172. The Morgan fingerprint density at radius 2 is 2.03 bits per heavy atom. The summed E-state index contributed by atoms with van der Waals surface area (Å²) in [5, 5.41) is 15.9. The van der Waals surface area contributed by atoms with Gasteiger partial charge >= 0.3 is 12.2 Å². The lowest BCUT2D eigenvalue weighted by molar-refractivity contribution is -0.287. The fourth-order valence-corrected chi connectivity index (χ4v) is 4.05. The van der Waals surface area contributed by atoms with Gasteiger partial charge in [-0.2, -0.15) is 13.2 Å². The number of urea groups is 1. The van der Waals surface area contributed by atoms with Crippen LogP contribution in [-0.2, 0) is 0 Å². The molecule has 1 saturated heterocycles. The molecular weight excluding hydrogens is 425 g/mol. The molecular formula is C19H19F3N2O5S. The SMILES string of the molecule is CCOc1ccc([C@H]2NC(=O)N[C@](O)(C(F)(F)F)[C@@H]2C(=O)c2cccs2)cc1OC. The lowest BCUT2D eigenvalue weighted by Gasteiger charge is -2.44. The van der Waals surface area contributed by atoms with E-state index in [1.165, 1.54) is 48.1 Å². The predicted octanol–water partition coefficient (Wildman–Crippen LogP) is 3.26. The van der Waals surface area contributed by atoms with Crippen LogP contribution in [0.4, 0.5) is 18.0 Å². The van der Waals surface area contributed by atoms with Crippen LogP contribution in [0.1, 0.15) is 28.2 Å². The highest BCUT2D eigenvalue weighted by Crippen LogP contribution is 2.45. The Kier molecular flexibility index (Phi) is 5.95. The summed E-state index contributed by atoms with van der Waals surface area (Å²) in [6.45, 7) is 2.08. The molecule has 0 unspecified atom stereocenters. The molecule has 11 heteroatoms. The van der Waals surface area contributed by atoms with Gasteiger partial charge in [0, 0.05) is 0 Å². The molecule has 2 heterocycles. The van der Waals surface area contributed by atoms with Crippen LogP contribution in [0.25, 0.3) is 0 Å². The van der Waals surface area contributed by atoms with Crippen molar-refractivity contribution >= 4 is 23.2 Å². The Labute approximate surface area is 173 Å². The molecule has 0 saturated carbocycles. The number of hydrogen-bond acceptors (Lipinski definition) is 6. The number of methoxy groups -OCH3 is 1. The van der Waals surface area contributed by atoms with E-state index in [0.717, 1.165) is 11.3 Å². The predicted molar refractivity (Wildman–Crippen MR) is 102 cm³/mol. The van der Waals surface area contributed by atoms with Gasteiger partial charge < -0.3 is 25.2 Å². The molecule has 2 aromatic rings. The number of ether oxygens (including phenoxy) is 2. The molecule has 1 aliphatic heterocycles. The minimum Gasteiger partial charge on any atom is -0.493 e. The molecule has 0 aliphatic carbocycles. The van der Waals surface area contributed by atoms with E-state index in [0.29, 0.717) is 12.4 Å². The van der Waals surface area contributed by atoms with Crippen molar-refractivity contribution in [2.45, 2.75) is 24.9 Å². The molecule has 1 fully saturated rings. The molecule has 30 heavy (non-hydrogen) atoms. The van der Waals surface area contributed by atoms with Gasteiger partial charge in [-0.05, 0) is 36.1 Å². The van der Waals surface area contributed by atoms with Gasteiger partial charge in [-0.1, -0.05) is 12.1 Å². The highest BCUT2D eigenvalue weighted by atomic mass is 32.1. The van der Waals surface area contributed by atoms with E-state index in [1.807, 2.05) is 0 Å². The van der Waals surface area contributed by atoms with Crippen LogP contribution in [0.3, 0.4) is 0 Å². The zero-order valence-electron chi connectivity index (χ0n) is 15.9. The maximum atomic E-state index is 13.9. The number of amides is 2. The van der Waals surface area contributed by atoms with E-state index in [-0.39, 0.29) is 16.2 Å². The largest absolute Gasteiger partial charge is 0.493 e. The third-order valence-corrected chi connectivity index (χ3v) is 5.58. The van der Waals surface area contributed by atoms with Crippen LogP contribution in [0, 0.1) is 5.92 Å². The van der Waals surface area contributed by atoms with Crippen molar-refractivity contribution in [2.24, 2.45) is 5.92 Å². The number of thiophene rings is 1. The number of halogens is 3. The number of carbonyl (C=O) groups is 2. The van der Waals surface area contributed by atoms with Crippen LogP contribution < -0.4 is 20.1 Å². The van der Waals surface area contributed by atoms with Crippen molar-refractivity contribution in [3.05, 3.63) is 46.2 Å². The maximum Gasteiger partial charge on any atom is 0.437 e. The number of aliphatic hydroxyl groups is 1. The third-order valence-electron chi connectivity index (χ3n) is 4.70. The number of benzene rings is 1. The lowest BCUT2D eigenvalue weighted by Crippen LogP contribution is -2.72. The Bertz CT molecular complexity index is 935. The summed E-state index contributed by atoms with van der Waals surface area (Å²) >= 11 is 0.938. The van der Waals surface area contributed by atoms with Crippen molar-refractivity contribution in [2.75, 3.05) is 13.7 Å². The van der Waals surface area contributed by atoms with Crippen LogP contribution in [0.15, 0.2) is 35.7 Å². The average molecular weight is 444 g/mol. The zero-order valence-corrected chi connectivity index (χ0v) is 16.8. The summed E-state index contributed by atoms with van der Waals surface area (Å²) in [5.41, 5.74) is -3.63. The fraction of sp³-hybridized carbons (Fsp3) is 0.368. The molecule has 1 aromatic carbocycles. The first-order valence-corrected chi connectivity index (χ1v) is 9.76. The first kappa shape index (κ1) is 21.9. The second-order valence-corrected chi connectivity index (χ2v) is 7.45. The molecule has 3 N–H and O–H groups in total. The van der Waals surface area contributed by atoms with Crippen LogP contribution in [-0.4, -0.2) is 42.5 Å². The summed E-state index contributed by atoms with van der Waals surface area (Å²) in [6, 6.07) is 4.37. The summed E-state index contributed by atoms with van der Waals surface area (Å²) in [5.74, 6) is -2.50. The Morgan fingerprint density at radius 1 is 1.30 bits per heavy atom. The number of carbonyl (C=O) groups excluding carboxylic acids is 2. The molecule has 162 valence electrons. The third kappa shape index (κ3) is 3.82. The molecule has 7 nitrogen and oxygen atoms in total. The second kappa shape index (κ2) is 8.15. The molecule has 2 amide bonds. The van der Waals surface area contributed by atoms with Crippen molar-refractivity contribution in [1.29, 1.82) is 0 Å². The van der Waals surface area contributed by atoms with E-state index in [1.54, 1.807) is 6.92 Å². The molecule has 1 aromatic heterocycles. The fourth-order valence-electron chi connectivity index (χ4n) is 3.34. The second-order valence-electron chi connectivity index (χ2n) is 6.50.